The number of hydrogen-bond acceptors (Lipinski definition) is 3. The highest BCUT2D eigenvalue weighted by Crippen LogP contribution is 2.18. The van der Waals surface area contributed by atoms with E-state index in [1.807, 2.05) is 42.0 Å². The van der Waals surface area contributed by atoms with Crippen LogP contribution in [-0.4, -0.2) is 28.8 Å². The van der Waals surface area contributed by atoms with Crippen LogP contribution in [-0.2, 0) is 28.9 Å². The van der Waals surface area contributed by atoms with Gasteiger partial charge in [0.15, 0.2) is 0 Å². The molecule has 0 N–H and O–H groups in total. The lowest BCUT2D eigenvalue weighted by atomic mass is 10.2. The van der Waals surface area contributed by atoms with E-state index in [1.54, 1.807) is 6.20 Å². The van der Waals surface area contributed by atoms with E-state index >= 15 is 0 Å². The fourth-order valence-electron chi connectivity index (χ4n) is 2.37. The molecule has 0 atom stereocenters. The second-order valence-corrected chi connectivity index (χ2v) is 7.08. The second kappa shape index (κ2) is 5.03. The zero-order valence-electron chi connectivity index (χ0n) is 11.4. The van der Waals surface area contributed by atoms with Gasteiger partial charge >= 0.3 is 0 Å². The second-order valence-electron chi connectivity index (χ2n) is 5.11. The van der Waals surface area contributed by atoms with Crippen molar-refractivity contribution in [2.75, 3.05) is 6.54 Å². The number of fused-ring (bicyclic) bond motifs is 1. The molecule has 0 bridgehead atoms. The Balaban J connectivity index is 1.77. The molecule has 0 amide bonds. The Labute approximate surface area is 118 Å². The van der Waals surface area contributed by atoms with E-state index in [2.05, 4.69) is 4.98 Å². The number of rotatable bonds is 3. The van der Waals surface area contributed by atoms with Crippen LogP contribution in [0.15, 0.2) is 36.7 Å². The van der Waals surface area contributed by atoms with Gasteiger partial charge in [0.1, 0.15) is 5.82 Å². The molecule has 2 heterocycles. The van der Waals surface area contributed by atoms with Crippen LogP contribution in [0.25, 0.3) is 0 Å². The molecule has 6 heteroatoms. The largest absolute Gasteiger partial charge is 0.333 e. The van der Waals surface area contributed by atoms with E-state index in [4.69, 9.17) is 0 Å². The summed E-state index contributed by atoms with van der Waals surface area (Å²) in [5, 5.41) is 0. The molecule has 0 radical (unpaired) electrons. The fourth-order valence-corrected chi connectivity index (χ4v) is 3.84. The zero-order chi connectivity index (χ0) is 14.2. The molecule has 0 saturated heterocycles. The van der Waals surface area contributed by atoms with Crippen molar-refractivity contribution in [3.05, 3.63) is 53.6 Å². The molecule has 0 fully saturated rings. The molecule has 3 rings (SSSR count). The van der Waals surface area contributed by atoms with Gasteiger partial charge in [0, 0.05) is 25.5 Å². The lowest BCUT2D eigenvalue weighted by Gasteiger charge is -2.27. The first kappa shape index (κ1) is 13.3. The number of sulfonamides is 1. The Morgan fingerprint density at radius 2 is 1.95 bits per heavy atom. The minimum absolute atomic E-state index is 0.0496. The molecular weight excluding hydrogens is 274 g/mol. The van der Waals surface area contributed by atoms with Crippen LogP contribution in [0.5, 0.6) is 0 Å². The topological polar surface area (TPSA) is 55.2 Å². The van der Waals surface area contributed by atoms with Gasteiger partial charge in [-0.25, -0.2) is 13.4 Å². The van der Waals surface area contributed by atoms with Crippen molar-refractivity contribution in [2.45, 2.75) is 25.8 Å². The summed E-state index contributed by atoms with van der Waals surface area (Å²) >= 11 is 0. The third-order valence-corrected chi connectivity index (χ3v) is 5.37. The van der Waals surface area contributed by atoms with E-state index in [0.717, 1.165) is 17.0 Å². The first-order valence-corrected chi connectivity index (χ1v) is 8.19. The third-order valence-electron chi connectivity index (χ3n) is 3.57. The molecule has 1 aliphatic heterocycles. The van der Waals surface area contributed by atoms with E-state index in [0.29, 0.717) is 19.6 Å². The molecule has 0 saturated carbocycles. The Hall–Kier alpha value is -1.66. The maximum absolute atomic E-state index is 12.5. The van der Waals surface area contributed by atoms with Gasteiger partial charge in [-0.3, -0.25) is 0 Å². The zero-order valence-corrected chi connectivity index (χ0v) is 12.2. The van der Waals surface area contributed by atoms with Crippen molar-refractivity contribution >= 4 is 10.0 Å². The molecule has 5 nitrogen and oxygen atoms in total. The molecule has 0 unspecified atom stereocenters. The highest BCUT2D eigenvalue weighted by Gasteiger charge is 2.27. The maximum atomic E-state index is 12.5. The molecule has 1 aliphatic rings. The van der Waals surface area contributed by atoms with Crippen LogP contribution < -0.4 is 0 Å². The Kier molecular flexibility index (Phi) is 3.35. The summed E-state index contributed by atoms with van der Waals surface area (Å²) in [5.74, 6) is 0.859. The quantitative estimate of drug-likeness (QED) is 0.862. The Morgan fingerprint density at radius 1 is 1.20 bits per heavy atom. The minimum Gasteiger partial charge on any atom is -0.333 e. The van der Waals surface area contributed by atoms with Crippen molar-refractivity contribution in [2.24, 2.45) is 0 Å². The number of aryl methyl sites for hydroxylation is 1. The SMILES string of the molecule is Cc1ccc(CS(=O)(=O)N2CCn3ccnc3C2)cc1. The lowest BCUT2D eigenvalue weighted by Crippen LogP contribution is -2.38. The van der Waals surface area contributed by atoms with Crippen LogP contribution in [0, 0.1) is 6.92 Å². The van der Waals surface area contributed by atoms with Gasteiger partial charge < -0.3 is 4.57 Å². The van der Waals surface area contributed by atoms with Crippen LogP contribution in [0.4, 0.5) is 0 Å². The predicted octanol–water partition coefficient (Wildman–Crippen LogP) is 1.54. The summed E-state index contributed by atoms with van der Waals surface area (Å²) in [5.41, 5.74) is 1.95. The summed E-state index contributed by atoms with van der Waals surface area (Å²) in [7, 11) is -3.29. The number of aromatic nitrogens is 2. The van der Waals surface area contributed by atoms with E-state index < -0.39 is 10.0 Å². The highest BCUT2D eigenvalue weighted by atomic mass is 32.2. The van der Waals surface area contributed by atoms with Gasteiger partial charge in [0.25, 0.3) is 0 Å². The minimum atomic E-state index is -3.29. The normalized spacial score (nSPS) is 16.1. The molecule has 1 aromatic carbocycles. The monoisotopic (exact) mass is 291 g/mol. The fraction of sp³-hybridized carbons (Fsp3) is 0.357. The van der Waals surface area contributed by atoms with Gasteiger partial charge in [0.2, 0.25) is 10.0 Å². The van der Waals surface area contributed by atoms with Crippen molar-refractivity contribution in [3.63, 3.8) is 0 Å². The predicted molar refractivity (Wildman–Crippen MR) is 76.4 cm³/mol. The van der Waals surface area contributed by atoms with Crippen LogP contribution >= 0.6 is 0 Å². The molecule has 0 aliphatic carbocycles. The summed E-state index contributed by atoms with van der Waals surface area (Å²) < 4.78 is 28.4. The molecule has 1 aromatic heterocycles. The number of hydrogen-bond donors (Lipinski definition) is 0. The van der Waals surface area contributed by atoms with E-state index in [-0.39, 0.29) is 5.75 Å². The van der Waals surface area contributed by atoms with E-state index in [9.17, 15) is 8.42 Å². The smallest absolute Gasteiger partial charge is 0.218 e. The van der Waals surface area contributed by atoms with Gasteiger partial charge in [-0.15, -0.1) is 0 Å². The number of imidazole rings is 1. The molecule has 106 valence electrons. The van der Waals surface area contributed by atoms with Crippen molar-refractivity contribution < 1.29 is 8.42 Å². The third kappa shape index (κ3) is 2.62. The Morgan fingerprint density at radius 3 is 2.70 bits per heavy atom. The van der Waals surface area contributed by atoms with Gasteiger partial charge in [-0.1, -0.05) is 29.8 Å². The average Bonchev–Trinajstić information content (AvgIpc) is 2.88. The first-order chi connectivity index (χ1) is 9.54. The first-order valence-electron chi connectivity index (χ1n) is 6.58. The molecular formula is C14H17N3O2S. The highest BCUT2D eigenvalue weighted by molar-refractivity contribution is 7.88. The Bertz CT molecular complexity index is 704. The van der Waals surface area contributed by atoms with Crippen molar-refractivity contribution in [1.29, 1.82) is 0 Å². The average molecular weight is 291 g/mol. The molecule has 0 spiro atoms. The number of nitrogens with zero attached hydrogens (tertiary/aromatic N) is 3. The van der Waals surface area contributed by atoms with Crippen molar-refractivity contribution in [3.8, 4) is 0 Å². The van der Waals surface area contributed by atoms with Gasteiger partial charge in [-0.05, 0) is 12.5 Å². The molecule has 2 aromatic rings. The maximum Gasteiger partial charge on any atom is 0.218 e. The van der Waals surface area contributed by atoms with Crippen LogP contribution in [0.3, 0.4) is 0 Å². The number of benzene rings is 1. The summed E-state index contributed by atoms with van der Waals surface area (Å²) in [6.07, 6.45) is 3.60. The van der Waals surface area contributed by atoms with Crippen LogP contribution in [0.2, 0.25) is 0 Å². The lowest BCUT2D eigenvalue weighted by molar-refractivity contribution is 0.335. The summed E-state index contributed by atoms with van der Waals surface area (Å²) in [6, 6.07) is 7.62. The molecule has 20 heavy (non-hydrogen) atoms. The summed E-state index contributed by atoms with van der Waals surface area (Å²) in [6.45, 7) is 3.53. The van der Waals surface area contributed by atoms with Crippen LogP contribution in [0.1, 0.15) is 17.0 Å². The van der Waals surface area contributed by atoms with Gasteiger partial charge in [-0.2, -0.15) is 4.31 Å². The summed E-state index contributed by atoms with van der Waals surface area (Å²) in [4.78, 5) is 4.20. The standard InChI is InChI=1S/C14H17N3O2S/c1-12-2-4-13(5-3-12)11-20(18,19)17-9-8-16-7-6-15-14(16)10-17/h2-7H,8-11H2,1H3. The van der Waals surface area contributed by atoms with Crippen molar-refractivity contribution in [1.82, 2.24) is 13.9 Å². The van der Waals surface area contributed by atoms with Gasteiger partial charge in [0.05, 0.1) is 12.3 Å². The van der Waals surface area contributed by atoms with E-state index in [1.165, 1.54) is 4.31 Å².